The van der Waals surface area contributed by atoms with Crippen molar-refractivity contribution in [2.45, 2.75) is 13.5 Å². The van der Waals surface area contributed by atoms with Gasteiger partial charge in [0.1, 0.15) is 12.4 Å². The van der Waals surface area contributed by atoms with Crippen molar-refractivity contribution in [2.24, 2.45) is 4.99 Å². The summed E-state index contributed by atoms with van der Waals surface area (Å²) in [5, 5.41) is 12.1. The summed E-state index contributed by atoms with van der Waals surface area (Å²) in [6.07, 6.45) is 0. The summed E-state index contributed by atoms with van der Waals surface area (Å²) >= 11 is 0. The van der Waals surface area contributed by atoms with E-state index in [9.17, 15) is 0 Å². The lowest BCUT2D eigenvalue weighted by Crippen LogP contribution is -2.40. The van der Waals surface area contributed by atoms with Crippen molar-refractivity contribution in [1.29, 1.82) is 5.26 Å². The molecule has 2 rings (SSSR count). The highest BCUT2D eigenvalue weighted by atomic mass is 127. The predicted molar refractivity (Wildman–Crippen MR) is 116 cm³/mol. The Morgan fingerprint density at radius 3 is 2.38 bits per heavy atom. The highest BCUT2D eigenvalue weighted by molar-refractivity contribution is 14.0. The summed E-state index contributed by atoms with van der Waals surface area (Å²) in [7, 11) is 3.74. The molecule has 0 saturated carbocycles. The molecule has 0 aliphatic carbocycles. The van der Waals surface area contributed by atoms with Gasteiger partial charge in [-0.2, -0.15) is 5.26 Å². The van der Waals surface area contributed by atoms with Crippen LogP contribution in [0.5, 0.6) is 5.75 Å². The Morgan fingerprint density at radius 1 is 1.15 bits per heavy atom. The maximum atomic E-state index is 8.83. The lowest BCUT2D eigenvalue weighted by Gasteiger charge is -2.22. The van der Waals surface area contributed by atoms with Crippen LogP contribution in [-0.4, -0.2) is 38.1 Å². The number of halogens is 1. The zero-order valence-corrected chi connectivity index (χ0v) is 17.7. The molecule has 0 fully saturated rings. The van der Waals surface area contributed by atoms with Crippen LogP contribution in [0.2, 0.25) is 0 Å². The van der Waals surface area contributed by atoms with Crippen molar-refractivity contribution in [2.75, 3.05) is 27.2 Å². The first-order valence-electron chi connectivity index (χ1n) is 8.22. The minimum atomic E-state index is 0. The zero-order valence-electron chi connectivity index (χ0n) is 15.4. The summed E-state index contributed by atoms with van der Waals surface area (Å²) in [5.41, 5.74) is 2.99. The quantitative estimate of drug-likeness (QED) is 0.404. The number of nitrogens with zero attached hydrogens (tertiary/aromatic N) is 3. The van der Waals surface area contributed by atoms with Gasteiger partial charge in [0.25, 0.3) is 0 Å². The maximum absolute atomic E-state index is 8.83. The van der Waals surface area contributed by atoms with Crippen molar-refractivity contribution < 1.29 is 4.74 Å². The molecule has 0 bridgehead atoms. The molecule has 0 heterocycles. The molecule has 26 heavy (non-hydrogen) atoms. The van der Waals surface area contributed by atoms with E-state index >= 15 is 0 Å². The normalized spacial score (nSPS) is 10.5. The Bertz CT molecular complexity index is 736. The van der Waals surface area contributed by atoms with E-state index in [0.717, 1.165) is 23.8 Å². The molecule has 0 aliphatic heterocycles. The van der Waals surface area contributed by atoms with E-state index in [4.69, 9.17) is 10.00 Å². The van der Waals surface area contributed by atoms with Gasteiger partial charge in [0.15, 0.2) is 5.96 Å². The largest absolute Gasteiger partial charge is 0.492 e. The monoisotopic (exact) mass is 464 g/mol. The predicted octanol–water partition coefficient (Wildman–Crippen LogP) is 3.57. The second-order valence-electron chi connectivity index (χ2n) is 5.79. The van der Waals surface area contributed by atoms with Crippen LogP contribution in [0.25, 0.3) is 0 Å². The number of benzene rings is 2. The number of hydrogen-bond acceptors (Lipinski definition) is 3. The van der Waals surface area contributed by atoms with Gasteiger partial charge in [0.2, 0.25) is 0 Å². The maximum Gasteiger partial charge on any atom is 0.193 e. The number of nitriles is 1. The molecule has 0 spiro atoms. The topological polar surface area (TPSA) is 60.7 Å². The van der Waals surface area contributed by atoms with Gasteiger partial charge in [-0.1, -0.05) is 29.8 Å². The van der Waals surface area contributed by atoms with Gasteiger partial charge >= 0.3 is 0 Å². The Labute approximate surface area is 172 Å². The number of hydrogen-bond donors (Lipinski definition) is 1. The molecule has 6 heteroatoms. The third-order valence-corrected chi connectivity index (χ3v) is 3.82. The molecule has 0 amide bonds. The molecule has 2 aromatic carbocycles. The molecule has 138 valence electrons. The van der Waals surface area contributed by atoms with E-state index in [-0.39, 0.29) is 24.0 Å². The Balaban J connectivity index is 0.00000338. The number of aliphatic imine (C=N–C) groups is 1. The minimum Gasteiger partial charge on any atom is -0.492 e. The molecule has 0 unspecified atom stereocenters. The molecular formula is C20H25IN4O. The minimum absolute atomic E-state index is 0. The van der Waals surface area contributed by atoms with Crippen LogP contribution in [0.4, 0.5) is 0 Å². The third kappa shape index (κ3) is 6.92. The van der Waals surface area contributed by atoms with E-state index in [1.165, 1.54) is 5.56 Å². The number of aryl methyl sites for hydroxylation is 1. The van der Waals surface area contributed by atoms with Crippen molar-refractivity contribution in [1.82, 2.24) is 10.2 Å². The van der Waals surface area contributed by atoms with E-state index in [1.807, 2.05) is 60.5 Å². The second-order valence-corrected chi connectivity index (χ2v) is 5.79. The van der Waals surface area contributed by atoms with E-state index in [2.05, 4.69) is 23.3 Å². The molecular weight excluding hydrogens is 439 g/mol. The standard InChI is InChI=1S/C20H24N4O.HI/c1-16-4-10-19(11-5-16)25-13-12-24(3)20(22-2)23-15-18-8-6-17(14-21)7-9-18;/h4-11H,12-13,15H2,1-3H3,(H,22,23);1H. The highest BCUT2D eigenvalue weighted by Gasteiger charge is 2.06. The summed E-state index contributed by atoms with van der Waals surface area (Å²) in [5.74, 6) is 1.68. The van der Waals surface area contributed by atoms with E-state index in [1.54, 1.807) is 7.05 Å². The highest BCUT2D eigenvalue weighted by Crippen LogP contribution is 2.11. The summed E-state index contributed by atoms with van der Waals surface area (Å²) in [6.45, 7) is 4.01. The molecule has 1 N–H and O–H groups in total. The second kappa shape index (κ2) is 11.4. The average molecular weight is 464 g/mol. The van der Waals surface area contributed by atoms with Gasteiger partial charge < -0.3 is 15.0 Å². The number of ether oxygens (including phenoxy) is 1. The summed E-state index contributed by atoms with van der Waals surface area (Å²) < 4.78 is 5.76. The van der Waals surface area contributed by atoms with Crippen LogP contribution in [0.1, 0.15) is 16.7 Å². The summed E-state index contributed by atoms with van der Waals surface area (Å²) in [6, 6.07) is 17.7. The Morgan fingerprint density at radius 2 is 1.81 bits per heavy atom. The average Bonchev–Trinajstić information content (AvgIpc) is 2.64. The van der Waals surface area contributed by atoms with Crippen LogP contribution < -0.4 is 10.1 Å². The van der Waals surface area contributed by atoms with E-state index in [0.29, 0.717) is 18.7 Å². The first-order chi connectivity index (χ1) is 12.1. The van der Waals surface area contributed by atoms with Gasteiger partial charge in [-0.3, -0.25) is 4.99 Å². The smallest absolute Gasteiger partial charge is 0.193 e. The molecule has 0 saturated heterocycles. The Kier molecular flexibility index (Phi) is 9.52. The fraction of sp³-hybridized carbons (Fsp3) is 0.300. The van der Waals surface area contributed by atoms with Crippen molar-refractivity contribution in [3.8, 4) is 11.8 Å². The van der Waals surface area contributed by atoms with E-state index < -0.39 is 0 Å². The molecule has 0 atom stereocenters. The fourth-order valence-electron chi connectivity index (χ4n) is 2.30. The SMILES string of the molecule is CN=C(NCc1ccc(C#N)cc1)N(C)CCOc1ccc(C)cc1.I. The van der Waals surface area contributed by atoms with Gasteiger partial charge in [-0.15, -0.1) is 24.0 Å². The Hall–Kier alpha value is -2.27. The fourth-order valence-corrected chi connectivity index (χ4v) is 2.30. The molecule has 0 aliphatic rings. The molecule has 2 aromatic rings. The van der Waals surface area contributed by atoms with Crippen LogP contribution in [0.3, 0.4) is 0 Å². The number of likely N-dealkylation sites (N-methyl/N-ethyl adjacent to an activating group) is 1. The molecule has 0 radical (unpaired) electrons. The summed E-state index contributed by atoms with van der Waals surface area (Å²) in [4.78, 5) is 6.32. The third-order valence-electron chi connectivity index (χ3n) is 3.82. The van der Waals surface area contributed by atoms with Crippen LogP contribution in [0.15, 0.2) is 53.5 Å². The lowest BCUT2D eigenvalue weighted by molar-refractivity contribution is 0.281. The first kappa shape index (κ1) is 21.8. The van der Waals surface area contributed by atoms with Crippen molar-refractivity contribution >= 4 is 29.9 Å². The first-order valence-corrected chi connectivity index (χ1v) is 8.22. The van der Waals surface area contributed by atoms with Gasteiger partial charge in [-0.25, -0.2) is 0 Å². The number of guanidine groups is 1. The van der Waals surface area contributed by atoms with Crippen molar-refractivity contribution in [3.63, 3.8) is 0 Å². The molecule has 0 aromatic heterocycles. The lowest BCUT2D eigenvalue weighted by atomic mass is 10.1. The van der Waals surface area contributed by atoms with Gasteiger partial charge in [0, 0.05) is 20.6 Å². The van der Waals surface area contributed by atoms with Crippen molar-refractivity contribution in [3.05, 3.63) is 65.2 Å². The number of nitrogens with one attached hydrogen (secondary N) is 1. The van der Waals surface area contributed by atoms with Crippen LogP contribution >= 0.6 is 24.0 Å². The van der Waals surface area contributed by atoms with Crippen LogP contribution in [0, 0.1) is 18.3 Å². The molecule has 5 nitrogen and oxygen atoms in total. The zero-order chi connectivity index (χ0) is 18.1. The van der Waals surface area contributed by atoms with Crippen LogP contribution in [-0.2, 0) is 6.54 Å². The van der Waals surface area contributed by atoms with Gasteiger partial charge in [-0.05, 0) is 36.8 Å². The van der Waals surface area contributed by atoms with Gasteiger partial charge in [0.05, 0.1) is 18.2 Å². The number of rotatable bonds is 6.